The van der Waals surface area contributed by atoms with Crippen molar-refractivity contribution in [3.8, 4) is 6.01 Å². The number of hydrogen-bond acceptors (Lipinski definition) is 6. The zero-order valence-corrected chi connectivity index (χ0v) is 11.5. The summed E-state index contributed by atoms with van der Waals surface area (Å²) in [5.74, 6) is 1.13. The van der Waals surface area contributed by atoms with Crippen molar-refractivity contribution in [2.24, 2.45) is 0 Å². The molecule has 18 heavy (non-hydrogen) atoms. The lowest BCUT2D eigenvalue weighted by atomic mass is 10.5. The maximum atomic E-state index is 5.45. The SMILES string of the molecule is CCCNc1nc(NCCC)nc(OCCC)n1. The van der Waals surface area contributed by atoms with Crippen LogP contribution in [0.5, 0.6) is 6.01 Å². The summed E-state index contributed by atoms with van der Waals surface area (Å²) in [6, 6.07) is 0.379. The maximum Gasteiger partial charge on any atom is 0.323 e. The fourth-order valence-corrected chi connectivity index (χ4v) is 1.25. The Morgan fingerprint density at radius 3 is 1.83 bits per heavy atom. The minimum absolute atomic E-state index is 0.379. The van der Waals surface area contributed by atoms with E-state index in [0.29, 0.717) is 24.5 Å². The smallest absolute Gasteiger partial charge is 0.323 e. The molecule has 1 heterocycles. The maximum absolute atomic E-state index is 5.45. The Bertz CT molecular complexity index is 280. The van der Waals surface area contributed by atoms with E-state index in [9.17, 15) is 0 Å². The molecule has 0 bridgehead atoms. The van der Waals surface area contributed by atoms with Crippen LogP contribution in [0.15, 0.2) is 0 Å². The van der Waals surface area contributed by atoms with Crippen molar-refractivity contribution in [1.29, 1.82) is 0 Å². The van der Waals surface area contributed by atoms with E-state index in [0.717, 1.165) is 32.4 Å². The summed E-state index contributed by atoms with van der Waals surface area (Å²) in [5, 5.41) is 6.29. The first kappa shape index (κ1) is 14.5. The van der Waals surface area contributed by atoms with Crippen molar-refractivity contribution in [1.82, 2.24) is 15.0 Å². The lowest BCUT2D eigenvalue weighted by Crippen LogP contribution is -2.12. The summed E-state index contributed by atoms with van der Waals surface area (Å²) < 4.78 is 5.45. The molecule has 0 amide bonds. The molecule has 0 spiro atoms. The average Bonchev–Trinajstić information content (AvgIpc) is 2.40. The predicted octanol–water partition coefficient (Wildman–Crippen LogP) is 2.30. The van der Waals surface area contributed by atoms with E-state index in [1.807, 2.05) is 6.92 Å². The van der Waals surface area contributed by atoms with E-state index in [1.54, 1.807) is 0 Å². The third-order valence-electron chi connectivity index (χ3n) is 2.12. The van der Waals surface area contributed by atoms with Crippen LogP contribution in [0.3, 0.4) is 0 Å². The van der Waals surface area contributed by atoms with Crippen LogP contribution in [0.25, 0.3) is 0 Å². The van der Waals surface area contributed by atoms with Gasteiger partial charge in [0.15, 0.2) is 0 Å². The van der Waals surface area contributed by atoms with Gasteiger partial charge in [0.05, 0.1) is 6.61 Å². The minimum atomic E-state index is 0.379. The molecule has 0 atom stereocenters. The minimum Gasteiger partial charge on any atom is -0.463 e. The molecule has 0 aromatic carbocycles. The van der Waals surface area contributed by atoms with Crippen molar-refractivity contribution < 1.29 is 4.74 Å². The highest BCUT2D eigenvalue weighted by Crippen LogP contribution is 2.11. The molecular formula is C12H23N5O. The van der Waals surface area contributed by atoms with Gasteiger partial charge in [0.25, 0.3) is 0 Å². The summed E-state index contributed by atoms with van der Waals surface area (Å²) >= 11 is 0. The molecule has 0 aliphatic rings. The van der Waals surface area contributed by atoms with E-state index >= 15 is 0 Å². The molecule has 0 radical (unpaired) electrons. The molecule has 0 aliphatic heterocycles. The Labute approximate surface area is 109 Å². The van der Waals surface area contributed by atoms with Crippen LogP contribution in [-0.4, -0.2) is 34.6 Å². The fraction of sp³-hybridized carbons (Fsp3) is 0.750. The van der Waals surface area contributed by atoms with Gasteiger partial charge < -0.3 is 15.4 Å². The first-order valence-corrected chi connectivity index (χ1v) is 6.66. The second kappa shape index (κ2) is 8.49. The summed E-state index contributed by atoms with van der Waals surface area (Å²) in [6.07, 6.45) is 2.98. The van der Waals surface area contributed by atoms with Gasteiger partial charge in [-0.25, -0.2) is 0 Å². The average molecular weight is 253 g/mol. The molecule has 1 rings (SSSR count). The van der Waals surface area contributed by atoms with Crippen molar-refractivity contribution in [3.63, 3.8) is 0 Å². The molecule has 0 unspecified atom stereocenters. The molecule has 6 heteroatoms. The third-order valence-corrected chi connectivity index (χ3v) is 2.12. The summed E-state index contributed by atoms with van der Waals surface area (Å²) in [4.78, 5) is 12.7. The van der Waals surface area contributed by atoms with E-state index in [1.165, 1.54) is 0 Å². The first-order chi connectivity index (χ1) is 8.80. The zero-order chi connectivity index (χ0) is 13.2. The number of nitrogens with one attached hydrogen (secondary N) is 2. The van der Waals surface area contributed by atoms with E-state index < -0.39 is 0 Å². The summed E-state index contributed by atoms with van der Waals surface area (Å²) in [6.45, 7) is 8.53. The Kier molecular flexibility index (Phi) is 6.83. The van der Waals surface area contributed by atoms with Gasteiger partial charge in [-0.3, -0.25) is 0 Å². The molecule has 0 saturated heterocycles. The van der Waals surface area contributed by atoms with Gasteiger partial charge in [-0.05, 0) is 19.3 Å². The number of nitrogens with zero attached hydrogens (tertiary/aromatic N) is 3. The van der Waals surface area contributed by atoms with Crippen LogP contribution in [0.2, 0.25) is 0 Å². The van der Waals surface area contributed by atoms with Crippen LogP contribution >= 0.6 is 0 Å². The number of aromatic nitrogens is 3. The molecule has 1 aromatic heterocycles. The third kappa shape index (κ3) is 5.16. The van der Waals surface area contributed by atoms with Crippen LogP contribution in [0.4, 0.5) is 11.9 Å². The Balaban J connectivity index is 2.74. The van der Waals surface area contributed by atoms with Gasteiger partial charge in [-0.1, -0.05) is 20.8 Å². The molecule has 0 aliphatic carbocycles. The van der Waals surface area contributed by atoms with Crippen LogP contribution in [0.1, 0.15) is 40.0 Å². The largest absolute Gasteiger partial charge is 0.463 e. The van der Waals surface area contributed by atoms with Gasteiger partial charge in [-0.2, -0.15) is 15.0 Å². The monoisotopic (exact) mass is 253 g/mol. The molecule has 1 aromatic rings. The van der Waals surface area contributed by atoms with Crippen LogP contribution < -0.4 is 15.4 Å². The quantitative estimate of drug-likeness (QED) is 0.703. The van der Waals surface area contributed by atoms with Gasteiger partial charge in [0.2, 0.25) is 11.9 Å². The van der Waals surface area contributed by atoms with Crippen molar-refractivity contribution in [2.45, 2.75) is 40.0 Å². The van der Waals surface area contributed by atoms with E-state index in [4.69, 9.17) is 4.74 Å². The Morgan fingerprint density at radius 1 is 0.833 bits per heavy atom. The van der Waals surface area contributed by atoms with Gasteiger partial charge >= 0.3 is 6.01 Å². The Hall–Kier alpha value is -1.59. The van der Waals surface area contributed by atoms with E-state index in [2.05, 4.69) is 39.4 Å². The predicted molar refractivity (Wildman–Crippen MR) is 73.2 cm³/mol. The van der Waals surface area contributed by atoms with E-state index in [-0.39, 0.29) is 0 Å². The molecular weight excluding hydrogens is 230 g/mol. The first-order valence-electron chi connectivity index (χ1n) is 6.66. The lowest BCUT2D eigenvalue weighted by Gasteiger charge is -2.09. The molecule has 102 valence electrons. The number of ether oxygens (including phenoxy) is 1. The topological polar surface area (TPSA) is 72.0 Å². The Morgan fingerprint density at radius 2 is 1.39 bits per heavy atom. The number of hydrogen-bond donors (Lipinski definition) is 2. The lowest BCUT2D eigenvalue weighted by molar-refractivity contribution is 0.292. The van der Waals surface area contributed by atoms with Crippen molar-refractivity contribution in [2.75, 3.05) is 30.3 Å². The standard InChI is InChI=1S/C12H23N5O/c1-4-7-13-10-15-11(14-8-5-2)17-12(16-10)18-9-6-3/h4-9H2,1-3H3,(H2,13,14,15,16,17). The second-order valence-corrected chi connectivity index (χ2v) is 3.97. The van der Waals surface area contributed by atoms with Crippen LogP contribution in [-0.2, 0) is 0 Å². The molecule has 6 nitrogen and oxygen atoms in total. The van der Waals surface area contributed by atoms with Gasteiger partial charge in [-0.15, -0.1) is 0 Å². The second-order valence-electron chi connectivity index (χ2n) is 3.97. The fourth-order valence-electron chi connectivity index (χ4n) is 1.25. The molecule has 0 saturated carbocycles. The highest BCUT2D eigenvalue weighted by Gasteiger charge is 2.06. The number of rotatable bonds is 9. The molecule has 0 fully saturated rings. The highest BCUT2D eigenvalue weighted by molar-refractivity contribution is 5.35. The zero-order valence-electron chi connectivity index (χ0n) is 11.5. The van der Waals surface area contributed by atoms with Crippen molar-refractivity contribution >= 4 is 11.9 Å². The van der Waals surface area contributed by atoms with Crippen molar-refractivity contribution in [3.05, 3.63) is 0 Å². The number of anilines is 2. The highest BCUT2D eigenvalue weighted by atomic mass is 16.5. The normalized spacial score (nSPS) is 10.2. The van der Waals surface area contributed by atoms with Crippen LogP contribution in [0, 0.1) is 0 Å². The molecule has 2 N–H and O–H groups in total. The summed E-state index contributed by atoms with van der Waals surface area (Å²) in [5.41, 5.74) is 0. The van der Waals surface area contributed by atoms with Gasteiger partial charge in [0, 0.05) is 13.1 Å². The van der Waals surface area contributed by atoms with Gasteiger partial charge in [0.1, 0.15) is 0 Å². The summed E-state index contributed by atoms with van der Waals surface area (Å²) in [7, 11) is 0.